The first-order chi connectivity index (χ1) is 12.7. The first-order valence-corrected chi connectivity index (χ1v) is 9.37. The van der Waals surface area contributed by atoms with Gasteiger partial charge in [-0.1, -0.05) is 24.3 Å². The molecular formula is C20H25N3O3. The van der Waals surface area contributed by atoms with Gasteiger partial charge < -0.3 is 14.7 Å². The van der Waals surface area contributed by atoms with Crippen LogP contribution in [0.2, 0.25) is 0 Å². The molecule has 2 aliphatic rings. The maximum absolute atomic E-state index is 13.1. The summed E-state index contributed by atoms with van der Waals surface area (Å²) in [6.45, 7) is 4.33. The molecule has 0 saturated carbocycles. The van der Waals surface area contributed by atoms with E-state index in [4.69, 9.17) is 4.74 Å². The molecular weight excluding hydrogens is 330 g/mol. The number of rotatable bonds is 2. The van der Waals surface area contributed by atoms with Crippen LogP contribution in [0.1, 0.15) is 23.3 Å². The Labute approximate surface area is 153 Å². The first kappa shape index (κ1) is 17.4. The molecule has 2 fully saturated rings. The molecule has 26 heavy (non-hydrogen) atoms. The number of nitrogens with zero attached hydrogens (tertiary/aromatic N) is 3. The van der Waals surface area contributed by atoms with Crippen LogP contribution in [-0.2, 0) is 4.74 Å². The quantitative estimate of drug-likeness (QED) is 0.885. The van der Waals surface area contributed by atoms with Gasteiger partial charge in [0.2, 0.25) is 0 Å². The topological polar surface area (TPSA) is 65.9 Å². The van der Waals surface area contributed by atoms with Gasteiger partial charge in [0.05, 0.1) is 19.3 Å². The highest BCUT2D eigenvalue weighted by atomic mass is 16.5. The lowest BCUT2D eigenvalue weighted by Crippen LogP contribution is -2.49. The molecule has 6 nitrogen and oxygen atoms in total. The average molecular weight is 355 g/mol. The standard InChI is InChI=1S/C20H25N3O3/c24-18-7-10-23(9-6-17(18)22-11-13-26-14-12-22)20(25)19-16-4-2-1-3-15(16)5-8-21-19/h1-5,8,17-18,24H,6-7,9-14H2/t17-,18-/m0/s1. The van der Waals surface area contributed by atoms with E-state index in [0.717, 1.165) is 30.3 Å². The van der Waals surface area contributed by atoms with Crippen LogP contribution in [0.4, 0.5) is 0 Å². The van der Waals surface area contributed by atoms with Crippen LogP contribution in [0.15, 0.2) is 36.5 Å². The van der Waals surface area contributed by atoms with Crippen LogP contribution in [0.25, 0.3) is 10.8 Å². The smallest absolute Gasteiger partial charge is 0.273 e. The summed E-state index contributed by atoms with van der Waals surface area (Å²) in [5, 5.41) is 12.5. The number of morpholine rings is 1. The largest absolute Gasteiger partial charge is 0.391 e. The Morgan fingerprint density at radius 2 is 1.85 bits per heavy atom. The molecule has 3 heterocycles. The first-order valence-electron chi connectivity index (χ1n) is 9.37. The number of pyridine rings is 1. The highest BCUT2D eigenvalue weighted by Gasteiger charge is 2.32. The molecule has 1 aromatic carbocycles. The molecule has 2 aromatic rings. The van der Waals surface area contributed by atoms with Gasteiger partial charge in [0.1, 0.15) is 5.69 Å². The number of aliphatic hydroxyl groups excluding tert-OH is 1. The van der Waals surface area contributed by atoms with E-state index in [-0.39, 0.29) is 11.9 Å². The summed E-state index contributed by atoms with van der Waals surface area (Å²) in [7, 11) is 0. The van der Waals surface area contributed by atoms with Crippen LogP contribution in [0, 0.1) is 0 Å². The van der Waals surface area contributed by atoms with E-state index in [1.165, 1.54) is 0 Å². The lowest BCUT2D eigenvalue weighted by Gasteiger charge is -2.36. The van der Waals surface area contributed by atoms with Gasteiger partial charge in [-0.25, -0.2) is 0 Å². The van der Waals surface area contributed by atoms with Gasteiger partial charge in [0, 0.05) is 43.8 Å². The second kappa shape index (κ2) is 7.70. The summed E-state index contributed by atoms with van der Waals surface area (Å²) >= 11 is 0. The van der Waals surface area contributed by atoms with Crippen molar-refractivity contribution in [1.29, 1.82) is 0 Å². The summed E-state index contributed by atoms with van der Waals surface area (Å²) in [6.07, 6.45) is 2.65. The van der Waals surface area contributed by atoms with E-state index < -0.39 is 6.10 Å². The minimum absolute atomic E-state index is 0.0448. The monoisotopic (exact) mass is 355 g/mol. The van der Waals surface area contributed by atoms with E-state index in [9.17, 15) is 9.90 Å². The van der Waals surface area contributed by atoms with Gasteiger partial charge in [-0.05, 0) is 24.3 Å². The second-order valence-electron chi connectivity index (χ2n) is 7.03. The normalized spacial score (nSPS) is 25.2. The molecule has 0 spiro atoms. The van der Waals surface area contributed by atoms with Gasteiger partial charge in [-0.15, -0.1) is 0 Å². The fourth-order valence-corrected chi connectivity index (χ4v) is 4.05. The minimum Gasteiger partial charge on any atom is -0.391 e. The van der Waals surface area contributed by atoms with Crippen molar-refractivity contribution in [1.82, 2.24) is 14.8 Å². The number of ether oxygens (including phenoxy) is 1. The maximum atomic E-state index is 13.1. The van der Waals surface area contributed by atoms with Crippen molar-refractivity contribution < 1.29 is 14.6 Å². The zero-order valence-corrected chi connectivity index (χ0v) is 14.9. The number of fused-ring (bicyclic) bond motifs is 1. The zero-order chi connectivity index (χ0) is 17.9. The van der Waals surface area contributed by atoms with Crippen molar-refractivity contribution >= 4 is 16.7 Å². The summed E-state index contributed by atoms with van der Waals surface area (Å²) in [6, 6.07) is 9.85. The zero-order valence-electron chi connectivity index (χ0n) is 14.9. The Morgan fingerprint density at radius 3 is 2.69 bits per heavy atom. The number of hydrogen-bond donors (Lipinski definition) is 1. The molecule has 0 radical (unpaired) electrons. The number of carbonyl (C=O) groups is 1. The van der Waals surface area contributed by atoms with Crippen LogP contribution in [0.5, 0.6) is 0 Å². The Hall–Kier alpha value is -2.02. The molecule has 2 saturated heterocycles. The predicted octanol–water partition coefficient (Wildman–Crippen LogP) is 1.53. The molecule has 6 heteroatoms. The summed E-state index contributed by atoms with van der Waals surface area (Å²) in [5.74, 6) is -0.0448. The van der Waals surface area contributed by atoms with Crippen molar-refractivity contribution in [2.45, 2.75) is 25.0 Å². The number of aromatic nitrogens is 1. The number of aliphatic hydroxyl groups is 1. The Bertz CT molecular complexity index is 770. The van der Waals surface area contributed by atoms with Crippen LogP contribution >= 0.6 is 0 Å². The summed E-state index contributed by atoms with van der Waals surface area (Å²) in [4.78, 5) is 21.6. The molecule has 2 atom stereocenters. The lowest BCUT2D eigenvalue weighted by atomic mass is 10.0. The molecule has 0 bridgehead atoms. The van der Waals surface area contributed by atoms with E-state index in [0.29, 0.717) is 38.4 Å². The van der Waals surface area contributed by atoms with Gasteiger partial charge in [0.15, 0.2) is 0 Å². The van der Waals surface area contributed by atoms with Crippen LogP contribution in [0.3, 0.4) is 0 Å². The van der Waals surface area contributed by atoms with E-state index in [1.807, 2.05) is 35.2 Å². The molecule has 1 N–H and O–H groups in total. The molecule has 138 valence electrons. The third-order valence-corrected chi connectivity index (χ3v) is 5.51. The second-order valence-corrected chi connectivity index (χ2v) is 7.03. The maximum Gasteiger partial charge on any atom is 0.273 e. The van der Waals surface area contributed by atoms with Crippen molar-refractivity contribution in [2.24, 2.45) is 0 Å². The average Bonchev–Trinajstić information content (AvgIpc) is 2.89. The number of hydrogen-bond acceptors (Lipinski definition) is 5. The van der Waals surface area contributed by atoms with Crippen LogP contribution in [-0.4, -0.2) is 77.3 Å². The highest BCUT2D eigenvalue weighted by molar-refractivity contribution is 6.05. The molecule has 0 unspecified atom stereocenters. The molecule has 0 aliphatic carbocycles. The number of likely N-dealkylation sites (tertiary alicyclic amines) is 1. The molecule has 2 aliphatic heterocycles. The van der Waals surface area contributed by atoms with Gasteiger partial charge in [-0.2, -0.15) is 0 Å². The van der Waals surface area contributed by atoms with Crippen LogP contribution < -0.4 is 0 Å². The van der Waals surface area contributed by atoms with Crippen molar-refractivity contribution in [3.63, 3.8) is 0 Å². The third-order valence-electron chi connectivity index (χ3n) is 5.51. The van der Waals surface area contributed by atoms with Crippen molar-refractivity contribution in [2.75, 3.05) is 39.4 Å². The molecule has 1 amide bonds. The Balaban J connectivity index is 1.52. The predicted molar refractivity (Wildman–Crippen MR) is 99.1 cm³/mol. The highest BCUT2D eigenvalue weighted by Crippen LogP contribution is 2.22. The fraction of sp³-hybridized carbons (Fsp3) is 0.500. The summed E-state index contributed by atoms with van der Waals surface area (Å²) in [5.41, 5.74) is 0.502. The number of benzene rings is 1. The van der Waals surface area contributed by atoms with Crippen molar-refractivity contribution in [3.05, 3.63) is 42.2 Å². The Kier molecular flexibility index (Phi) is 5.15. The molecule has 1 aromatic heterocycles. The van der Waals surface area contributed by atoms with Gasteiger partial charge in [-0.3, -0.25) is 14.7 Å². The SMILES string of the molecule is O=C(c1nccc2ccccc12)N1CC[C@H](O)[C@@H](N2CCOCC2)CC1. The van der Waals surface area contributed by atoms with E-state index >= 15 is 0 Å². The van der Waals surface area contributed by atoms with Crippen molar-refractivity contribution in [3.8, 4) is 0 Å². The minimum atomic E-state index is -0.411. The van der Waals surface area contributed by atoms with Gasteiger partial charge in [0.25, 0.3) is 5.91 Å². The van der Waals surface area contributed by atoms with Gasteiger partial charge >= 0.3 is 0 Å². The number of amides is 1. The van der Waals surface area contributed by atoms with E-state index in [2.05, 4.69) is 9.88 Å². The molecule has 4 rings (SSSR count). The fourth-order valence-electron chi connectivity index (χ4n) is 4.05. The lowest BCUT2D eigenvalue weighted by molar-refractivity contribution is -0.0222. The third kappa shape index (κ3) is 3.45. The van der Waals surface area contributed by atoms with E-state index in [1.54, 1.807) is 6.20 Å². The summed E-state index contributed by atoms with van der Waals surface area (Å²) < 4.78 is 5.42. The number of carbonyl (C=O) groups excluding carboxylic acids is 1. The Morgan fingerprint density at radius 1 is 1.08 bits per heavy atom.